The topological polar surface area (TPSA) is 49.4 Å². The molecular weight excluding hydrogens is 252 g/mol. The van der Waals surface area contributed by atoms with E-state index in [2.05, 4.69) is 5.32 Å². The van der Waals surface area contributed by atoms with E-state index in [0.29, 0.717) is 18.8 Å². The normalized spacial score (nSPS) is 15.0. The summed E-state index contributed by atoms with van der Waals surface area (Å²) in [5.74, 6) is 0.562. The van der Waals surface area contributed by atoms with Crippen molar-refractivity contribution < 1.29 is 9.59 Å². The van der Waals surface area contributed by atoms with Gasteiger partial charge in [0.2, 0.25) is 11.8 Å². The number of nitrogens with zero attached hydrogens (tertiary/aromatic N) is 1. The van der Waals surface area contributed by atoms with Crippen molar-refractivity contribution in [3.63, 3.8) is 0 Å². The maximum absolute atomic E-state index is 11.8. The van der Waals surface area contributed by atoms with Crippen LogP contribution < -0.4 is 10.2 Å². The second kappa shape index (κ2) is 6.07. The van der Waals surface area contributed by atoms with E-state index < -0.39 is 0 Å². The van der Waals surface area contributed by atoms with Crippen LogP contribution in [-0.2, 0) is 9.59 Å². The highest BCUT2D eigenvalue weighted by atomic mass is 16.2. The number of hydrogen-bond donors (Lipinski definition) is 1. The first kappa shape index (κ1) is 14.6. The quantitative estimate of drug-likeness (QED) is 0.917. The average molecular weight is 274 g/mol. The smallest absolute Gasteiger partial charge is 0.227 e. The number of aryl methyl sites for hydroxylation is 1. The number of carbonyl (C=O) groups excluding carboxylic acids is 2. The molecule has 0 aliphatic carbocycles. The van der Waals surface area contributed by atoms with Gasteiger partial charge in [-0.15, -0.1) is 0 Å². The number of rotatable bonds is 4. The van der Waals surface area contributed by atoms with E-state index in [1.54, 1.807) is 0 Å². The molecule has 0 radical (unpaired) electrons. The summed E-state index contributed by atoms with van der Waals surface area (Å²) in [4.78, 5) is 25.3. The Kier molecular flexibility index (Phi) is 4.42. The van der Waals surface area contributed by atoms with E-state index in [0.717, 1.165) is 29.9 Å². The monoisotopic (exact) mass is 274 g/mol. The van der Waals surface area contributed by atoms with Gasteiger partial charge in [-0.1, -0.05) is 13.8 Å². The lowest BCUT2D eigenvalue weighted by atomic mass is 10.1. The lowest BCUT2D eigenvalue weighted by Crippen LogP contribution is -2.24. The van der Waals surface area contributed by atoms with Crippen molar-refractivity contribution in [3.8, 4) is 0 Å². The van der Waals surface area contributed by atoms with Gasteiger partial charge in [-0.2, -0.15) is 0 Å². The molecule has 4 heteroatoms. The summed E-state index contributed by atoms with van der Waals surface area (Å²) >= 11 is 0. The van der Waals surface area contributed by atoms with E-state index in [9.17, 15) is 9.59 Å². The first-order valence-electron chi connectivity index (χ1n) is 7.18. The van der Waals surface area contributed by atoms with Crippen LogP contribution in [0.2, 0.25) is 0 Å². The Hall–Kier alpha value is -1.84. The van der Waals surface area contributed by atoms with Gasteiger partial charge in [-0.05, 0) is 43.0 Å². The summed E-state index contributed by atoms with van der Waals surface area (Å²) in [6.07, 6.45) is 2.07. The number of anilines is 2. The zero-order chi connectivity index (χ0) is 14.7. The molecule has 108 valence electrons. The van der Waals surface area contributed by atoms with Gasteiger partial charge in [0, 0.05) is 30.8 Å². The molecule has 1 aromatic rings. The molecule has 4 nitrogen and oxygen atoms in total. The van der Waals surface area contributed by atoms with Crippen LogP contribution in [0.3, 0.4) is 0 Å². The SMILES string of the molecule is Cc1cc(NC(=O)CC(C)C)ccc1N1CCCC1=O. The first-order valence-corrected chi connectivity index (χ1v) is 7.18. The van der Waals surface area contributed by atoms with Gasteiger partial charge in [-0.3, -0.25) is 9.59 Å². The average Bonchev–Trinajstić information content (AvgIpc) is 2.74. The fourth-order valence-electron chi connectivity index (χ4n) is 2.52. The molecule has 20 heavy (non-hydrogen) atoms. The summed E-state index contributed by atoms with van der Waals surface area (Å²) in [6.45, 7) is 6.80. The van der Waals surface area contributed by atoms with Crippen LogP contribution >= 0.6 is 0 Å². The van der Waals surface area contributed by atoms with Gasteiger partial charge in [0.05, 0.1) is 0 Å². The second-order valence-electron chi connectivity index (χ2n) is 5.80. The van der Waals surface area contributed by atoms with Crippen LogP contribution in [0.25, 0.3) is 0 Å². The molecule has 2 rings (SSSR count). The van der Waals surface area contributed by atoms with Crippen LogP contribution in [-0.4, -0.2) is 18.4 Å². The summed E-state index contributed by atoms with van der Waals surface area (Å²) in [6, 6.07) is 5.72. The van der Waals surface area contributed by atoms with Crippen LogP contribution in [0, 0.1) is 12.8 Å². The second-order valence-corrected chi connectivity index (χ2v) is 5.80. The standard InChI is InChI=1S/C16H22N2O2/c1-11(2)9-15(19)17-13-6-7-14(12(3)10-13)18-8-4-5-16(18)20/h6-7,10-11H,4-5,8-9H2,1-3H3,(H,17,19). The third-order valence-corrected chi connectivity index (χ3v) is 3.44. The molecule has 2 amide bonds. The van der Waals surface area contributed by atoms with Gasteiger partial charge >= 0.3 is 0 Å². The highest BCUT2D eigenvalue weighted by molar-refractivity contribution is 5.97. The minimum atomic E-state index is 0.0319. The number of nitrogens with one attached hydrogen (secondary N) is 1. The van der Waals surface area contributed by atoms with Gasteiger partial charge < -0.3 is 10.2 Å². The fraction of sp³-hybridized carbons (Fsp3) is 0.500. The number of benzene rings is 1. The number of carbonyl (C=O) groups is 2. The molecule has 1 aliphatic rings. The van der Waals surface area contributed by atoms with Gasteiger partial charge in [0.15, 0.2) is 0 Å². The van der Waals surface area contributed by atoms with Crippen LogP contribution in [0.15, 0.2) is 18.2 Å². The van der Waals surface area contributed by atoms with Crippen LogP contribution in [0.5, 0.6) is 0 Å². The summed E-state index contributed by atoms with van der Waals surface area (Å²) < 4.78 is 0. The Morgan fingerprint density at radius 1 is 1.40 bits per heavy atom. The Labute approximate surface area is 120 Å². The van der Waals surface area contributed by atoms with E-state index in [-0.39, 0.29) is 11.8 Å². The molecule has 0 unspecified atom stereocenters. The lowest BCUT2D eigenvalue weighted by Gasteiger charge is -2.19. The molecule has 0 saturated carbocycles. The van der Waals surface area contributed by atoms with Crippen molar-refractivity contribution in [2.45, 2.75) is 40.0 Å². The molecule has 0 spiro atoms. The molecule has 1 saturated heterocycles. The zero-order valence-corrected chi connectivity index (χ0v) is 12.4. The Bertz CT molecular complexity index is 523. The van der Waals surface area contributed by atoms with Crippen molar-refractivity contribution in [1.29, 1.82) is 0 Å². The summed E-state index contributed by atoms with van der Waals surface area (Å²) in [5.41, 5.74) is 2.76. The minimum Gasteiger partial charge on any atom is -0.326 e. The Morgan fingerprint density at radius 2 is 2.15 bits per heavy atom. The lowest BCUT2D eigenvalue weighted by molar-refractivity contribution is -0.117. The molecule has 0 bridgehead atoms. The minimum absolute atomic E-state index is 0.0319. The fourth-order valence-corrected chi connectivity index (χ4v) is 2.52. The molecule has 1 fully saturated rings. The third-order valence-electron chi connectivity index (χ3n) is 3.44. The molecular formula is C16H22N2O2. The maximum Gasteiger partial charge on any atom is 0.227 e. The first-order chi connectivity index (χ1) is 9.47. The largest absolute Gasteiger partial charge is 0.326 e. The van der Waals surface area contributed by atoms with Crippen molar-refractivity contribution in [2.24, 2.45) is 5.92 Å². The number of amides is 2. The highest BCUT2D eigenvalue weighted by Gasteiger charge is 2.22. The number of hydrogen-bond acceptors (Lipinski definition) is 2. The van der Waals surface area contributed by atoms with Gasteiger partial charge in [0.25, 0.3) is 0 Å². The van der Waals surface area contributed by atoms with E-state index in [1.165, 1.54) is 0 Å². The summed E-state index contributed by atoms with van der Waals surface area (Å²) in [5, 5.41) is 2.90. The van der Waals surface area contributed by atoms with Crippen molar-refractivity contribution in [3.05, 3.63) is 23.8 Å². The Balaban J connectivity index is 2.09. The summed E-state index contributed by atoms with van der Waals surface area (Å²) in [7, 11) is 0. The van der Waals surface area contributed by atoms with E-state index in [1.807, 2.05) is 43.9 Å². The Morgan fingerprint density at radius 3 is 2.70 bits per heavy atom. The van der Waals surface area contributed by atoms with Crippen LogP contribution in [0.1, 0.15) is 38.7 Å². The van der Waals surface area contributed by atoms with E-state index in [4.69, 9.17) is 0 Å². The van der Waals surface area contributed by atoms with Crippen LogP contribution in [0.4, 0.5) is 11.4 Å². The predicted molar refractivity (Wildman–Crippen MR) is 80.9 cm³/mol. The molecule has 0 atom stereocenters. The van der Waals surface area contributed by atoms with Gasteiger partial charge in [-0.25, -0.2) is 0 Å². The predicted octanol–water partition coefficient (Wildman–Crippen LogP) is 3.11. The van der Waals surface area contributed by atoms with Crippen molar-refractivity contribution in [2.75, 3.05) is 16.8 Å². The van der Waals surface area contributed by atoms with Gasteiger partial charge in [0.1, 0.15) is 0 Å². The van der Waals surface area contributed by atoms with Crippen molar-refractivity contribution >= 4 is 23.2 Å². The maximum atomic E-state index is 11.8. The molecule has 1 aromatic carbocycles. The molecule has 0 aromatic heterocycles. The molecule has 1 heterocycles. The third kappa shape index (κ3) is 3.38. The molecule has 1 N–H and O–H groups in total. The van der Waals surface area contributed by atoms with E-state index >= 15 is 0 Å². The highest BCUT2D eigenvalue weighted by Crippen LogP contribution is 2.27. The molecule has 1 aliphatic heterocycles. The zero-order valence-electron chi connectivity index (χ0n) is 12.4. The van der Waals surface area contributed by atoms with Crippen molar-refractivity contribution in [1.82, 2.24) is 0 Å².